The third kappa shape index (κ3) is 2.27. The second kappa shape index (κ2) is 5.58. The van der Waals surface area contributed by atoms with Gasteiger partial charge >= 0.3 is 0 Å². The molecular weight excluding hydrogens is 258 g/mol. The van der Waals surface area contributed by atoms with Gasteiger partial charge in [-0.2, -0.15) is 0 Å². The molecule has 6 heteroatoms. The van der Waals surface area contributed by atoms with E-state index in [1.54, 1.807) is 13.1 Å². The molecule has 108 valence electrons. The number of aliphatic imine (C=N–C) groups is 1. The van der Waals surface area contributed by atoms with Crippen LogP contribution >= 0.6 is 0 Å². The van der Waals surface area contributed by atoms with Crippen LogP contribution in [-0.2, 0) is 11.4 Å². The molecule has 0 aromatic carbocycles. The van der Waals surface area contributed by atoms with Crippen LogP contribution in [0.4, 0.5) is 5.69 Å². The van der Waals surface area contributed by atoms with Crippen molar-refractivity contribution in [3.05, 3.63) is 17.3 Å². The molecule has 1 aromatic heterocycles. The van der Waals surface area contributed by atoms with Crippen molar-refractivity contribution in [3.8, 4) is 5.88 Å². The quantitative estimate of drug-likeness (QED) is 0.866. The summed E-state index contributed by atoms with van der Waals surface area (Å²) in [5, 5.41) is 9.42. The van der Waals surface area contributed by atoms with E-state index in [1.165, 1.54) is 0 Å². The van der Waals surface area contributed by atoms with Gasteiger partial charge in [-0.25, -0.2) is 4.98 Å². The molecule has 0 saturated heterocycles. The summed E-state index contributed by atoms with van der Waals surface area (Å²) in [6.45, 7) is 5.84. The minimum atomic E-state index is -0.475. The second-order valence-corrected chi connectivity index (χ2v) is 4.86. The molecule has 2 rings (SSSR count). The first-order valence-corrected chi connectivity index (χ1v) is 6.61. The van der Waals surface area contributed by atoms with Crippen LogP contribution in [0.2, 0.25) is 0 Å². The standard InChI is InChI=1S/C14H19N3O3/c1-4-20-14-11-7(2)10(13(15)19)8(3)17-12(11)9(6-18)5-16-14/h5,7,10,18H,4,6H2,1-3H3,(H2,15,19). The van der Waals surface area contributed by atoms with Crippen LogP contribution < -0.4 is 10.5 Å². The zero-order chi connectivity index (χ0) is 14.9. The lowest BCUT2D eigenvalue weighted by Crippen LogP contribution is -2.35. The van der Waals surface area contributed by atoms with Gasteiger partial charge in [0.25, 0.3) is 0 Å². The molecule has 0 aliphatic carbocycles. The third-order valence-electron chi connectivity index (χ3n) is 3.58. The third-order valence-corrected chi connectivity index (χ3v) is 3.58. The van der Waals surface area contributed by atoms with Gasteiger partial charge in [0.05, 0.1) is 24.8 Å². The summed E-state index contributed by atoms with van der Waals surface area (Å²) in [5.41, 5.74) is 8.14. The molecule has 0 spiro atoms. The lowest BCUT2D eigenvalue weighted by atomic mass is 9.81. The number of hydrogen-bond donors (Lipinski definition) is 2. The summed E-state index contributed by atoms with van der Waals surface area (Å²) in [4.78, 5) is 20.3. The molecule has 0 fully saturated rings. The van der Waals surface area contributed by atoms with E-state index in [9.17, 15) is 9.90 Å². The van der Waals surface area contributed by atoms with E-state index in [0.29, 0.717) is 29.4 Å². The zero-order valence-corrected chi connectivity index (χ0v) is 11.9. The Balaban J connectivity index is 2.65. The number of nitrogens with zero attached hydrogens (tertiary/aromatic N) is 2. The second-order valence-electron chi connectivity index (χ2n) is 4.86. The Labute approximate surface area is 117 Å². The van der Waals surface area contributed by atoms with Crippen LogP contribution in [0.15, 0.2) is 11.2 Å². The minimum absolute atomic E-state index is 0.160. The molecule has 0 radical (unpaired) electrons. The number of pyridine rings is 1. The van der Waals surface area contributed by atoms with Crippen molar-refractivity contribution in [1.29, 1.82) is 0 Å². The fourth-order valence-corrected chi connectivity index (χ4v) is 2.68. The first kappa shape index (κ1) is 14.5. The molecule has 1 aliphatic heterocycles. The van der Waals surface area contributed by atoms with E-state index in [4.69, 9.17) is 10.5 Å². The van der Waals surface area contributed by atoms with Crippen LogP contribution in [0.5, 0.6) is 5.88 Å². The maximum absolute atomic E-state index is 11.6. The topological polar surface area (TPSA) is 97.8 Å². The predicted molar refractivity (Wildman–Crippen MR) is 75.2 cm³/mol. The Kier molecular flexibility index (Phi) is 4.04. The first-order chi connectivity index (χ1) is 9.51. The Morgan fingerprint density at radius 1 is 1.55 bits per heavy atom. The van der Waals surface area contributed by atoms with E-state index in [1.807, 2.05) is 13.8 Å². The largest absolute Gasteiger partial charge is 0.478 e. The normalized spacial score (nSPS) is 21.1. The van der Waals surface area contributed by atoms with Crippen LogP contribution in [-0.4, -0.2) is 28.3 Å². The first-order valence-electron chi connectivity index (χ1n) is 6.61. The molecular formula is C14H19N3O3. The van der Waals surface area contributed by atoms with Crippen molar-refractivity contribution in [1.82, 2.24) is 4.98 Å². The Hall–Kier alpha value is -1.95. The average molecular weight is 277 g/mol. The van der Waals surface area contributed by atoms with Gasteiger partial charge in [0.15, 0.2) is 0 Å². The van der Waals surface area contributed by atoms with Crippen molar-refractivity contribution in [3.63, 3.8) is 0 Å². The predicted octanol–water partition coefficient (Wildman–Crippen LogP) is 1.28. The summed E-state index contributed by atoms with van der Waals surface area (Å²) in [7, 11) is 0. The summed E-state index contributed by atoms with van der Waals surface area (Å²) < 4.78 is 5.52. The number of aliphatic hydroxyl groups is 1. The summed E-state index contributed by atoms with van der Waals surface area (Å²) in [5.74, 6) is -0.617. The summed E-state index contributed by atoms with van der Waals surface area (Å²) in [6.07, 6.45) is 1.55. The lowest BCUT2D eigenvalue weighted by Gasteiger charge is -2.29. The van der Waals surface area contributed by atoms with Gasteiger partial charge in [0.2, 0.25) is 11.8 Å². The molecule has 0 bridgehead atoms. The van der Waals surface area contributed by atoms with E-state index in [-0.39, 0.29) is 12.5 Å². The Morgan fingerprint density at radius 3 is 2.80 bits per heavy atom. The highest BCUT2D eigenvalue weighted by Gasteiger charge is 2.35. The van der Waals surface area contributed by atoms with Crippen molar-refractivity contribution < 1.29 is 14.6 Å². The smallest absolute Gasteiger partial charge is 0.226 e. The van der Waals surface area contributed by atoms with E-state index in [2.05, 4.69) is 9.98 Å². The van der Waals surface area contributed by atoms with Gasteiger partial charge in [-0.15, -0.1) is 0 Å². The summed E-state index contributed by atoms with van der Waals surface area (Å²) >= 11 is 0. The maximum atomic E-state index is 11.6. The SMILES string of the molecule is CCOc1ncc(CO)c2c1C(C)C(C(N)=O)C(C)=N2. The number of carbonyl (C=O) groups excluding carboxylic acids is 1. The van der Waals surface area contributed by atoms with Crippen molar-refractivity contribution in [2.75, 3.05) is 6.61 Å². The monoisotopic (exact) mass is 277 g/mol. The number of fused-ring (bicyclic) bond motifs is 1. The minimum Gasteiger partial charge on any atom is -0.478 e. The molecule has 20 heavy (non-hydrogen) atoms. The van der Waals surface area contributed by atoms with Crippen LogP contribution in [0, 0.1) is 5.92 Å². The van der Waals surface area contributed by atoms with Crippen molar-refractivity contribution in [2.24, 2.45) is 16.6 Å². The number of nitrogens with two attached hydrogens (primary N) is 1. The highest BCUT2D eigenvalue weighted by molar-refractivity contribution is 6.06. The Morgan fingerprint density at radius 2 is 2.25 bits per heavy atom. The van der Waals surface area contributed by atoms with Gasteiger partial charge in [-0.1, -0.05) is 6.92 Å². The highest BCUT2D eigenvalue weighted by Crippen LogP contribution is 2.44. The van der Waals surface area contributed by atoms with Gasteiger partial charge in [-0.05, 0) is 13.8 Å². The Bertz CT molecular complexity index is 569. The zero-order valence-electron chi connectivity index (χ0n) is 11.9. The van der Waals surface area contributed by atoms with Gasteiger partial charge in [-0.3, -0.25) is 9.79 Å². The average Bonchev–Trinajstić information content (AvgIpc) is 2.38. The van der Waals surface area contributed by atoms with E-state index in [0.717, 1.165) is 5.56 Å². The summed E-state index contributed by atoms with van der Waals surface area (Å²) in [6, 6.07) is 0. The number of rotatable bonds is 4. The van der Waals surface area contributed by atoms with Crippen LogP contribution in [0.1, 0.15) is 37.8 Å². The van der Waals surface area contributed by atoms with E-state index >= 15 is 0 Å². The number of amides is 1. The molecule has 1 aromatic rings. The maximum Gasteiger partial charge on any atom is 0.226 e. The van der Waals surface area contributed by atoms with Crippen LogP contribution in [0.3, 0.4) is 0 Å². The van der Waals surface area contributed by atoms with Gasteiger partial charge in [0, 0.05) is 29.0 Å². The number of ether oxygens (including phenoxy) is 1. The highest BCUT2D eigenvalue weighted by atomic mass is 16.5. The molecule has 0 saturated carbocycles. The molecule has 1 aliphatic rings. The molecule has 6 nitrogen and oxygen atoms in total. The molecule has 2 unspecified atom stereocenters. The molecule has 2 atom stereocenters. The number of primary amides is 1. The van der Waals surface area contributed by atoms with Gasteiger partial charge in [0.1, 0.15) is 0 Å². The molecule has 3 N–H and O–H groups in total. The fourth-order valence-electron chi connectivity index (χ4n) is 2.68. The van der Waals surface area contributed by atoms with E-state index < -0.39 is 11.8 Å². The number of hydrogen-bond acceptors (Lipinski definition) is 5. The fraction of sp³-hybridized carbons (Fsp3) is 0.500. The number of aromatic nitrogens is 1. The van der Waals surface area contributed by atoms with Gasteiger partial charge < -0.3 is 15.6 Å². The van der Waals surface area contributed by atoms with Crippen LogP contribution in [0.25, 0.3) is 0 Å². The number of carbonyl (C=O) groups is 1. The molecule has 1 amide bonds. The number of aliphatic hydroxyl groups excluding tert-OH is 1. The molecule has 2 heterocycles. The van der Waals surface area contributed by atoms with Crippen molar-refractivity contribution >= 4 is 17.3 Å². The lowest BCUT2D eigenvalue weighted by molar-refractivity contribution is -0.120. The van der Waals surface area contributed by atoms with Crippen molar-refractivity contribution in [2.45, 2.75) is 33.3 Å².